The Labute approximate surface area is 249 Å². The molecule has 0 aliphatic carbocycles. The van der Waals surface area contributed by atoms with Crippen molar-refractivity contribution >= 4 is 29.5 Å². The minimum atomic E-state index is -1.04. The molecule has 1 aliphatic heterocycles. The monoisotopic (exact) mass is 581 g/mol. The van der Waals surface area contributed by atoms with Gasteiger partial charge in [0, 0.05) is 32.9 Å². The molecule has 2 aromatic carbocycles. The molecular formula is C31H47N7O4. The van der Waals surface area contributed by atoms with Gasteiger partial charge in [-0.05, 0) is 67.9 Å². The average Bonchev–Trinajstić information content (AvgIpc) is 2.93. The highest BCUT2D eigenvalue weighted by Gasteiger charge is 2.23. The van der Waals surface area contributed by atoms with Crippen molar-refractivity contribution in [1.82, 2.24) is 10.2 Å². The van der Waals surface area contributed by atoms with Gasteiger partial charge >= 0.3 is 5.97 Å². The van der Waals surface area contributed by atoms with Crippen LogP contribution in [0.15, 0.2) is 47.5 Å². The number of aromatic carboxylic acids is 1. The molecular weight excluding hydrogens is 534 g/mol. The Morgan fingerprint density at radius 3 is 2.33 bits per heavy atom. The highest BCUT2D eigenvalue weighted by molar-refractivity contribution is 5.92. The lowest BCUT2D eigenvalue weighted by atomic mass is 9.94. The average molecular weight is 582 g/mol. The SMILES string of the molecule is CCOc1cc(CC(=O)N[C@@H](CC(C)C)c2ccccc2N2CCCCC2)ccc1C(=O)O.CN(C)/C(N)=N/C(=N)N. The molecule has 0 saturated carbocycles. The minimum Gasteiger partial charge on any atom is -0.493 e. The predicted molar refractivity (Wildman–Crippen MR) is 168 cm³/mol. The molecule has 1 amide bonds. The second kappa shape index (κ2) is 16.9. The molecule has 11 nitrogen and oxygen atoms in total. The van der Waals surface area contributed by atoms with Gasteiger partial charge in [0.2, 0.25) is 11.9 Å². The Morgan fingerprint density at radius 2 is 1.79 bits per heavy atom. The Bertz CT molecular complexity index is 1220. The van der Waals surface area contributed by atoms with Gasteiger partial charge in [0.15, 0.2) is 5.96 Å². The van der Waals surface area contributed by atoms with Crippen molar-refractivity contribution in [1.29, 1.82) is 5.41 Å². The highest BCUT2D eigenvalue weighted by atomic mass is 16.5. The van der Waals surface area contributed by atoms with Crippen LogP contribution in [0.1, 0.15) is 74.0 Å². The zero-order valence-electron chi connectivity index (χ0n) is 25.5. The van der Waals surface area contributed by atoms with Crippen LogP contribution in [0, 0.1) is 11.3 Å². The van der Waals surface area contributed by atoms with Crippen LogP contribution >= 0.6 is 0 Å². The summed E-state index contributed by atoms with van der Waals surface area (Å²) in [5.41, 5.74) is 13.4. The summed E-state index contributed by atoms with van der Waals surface area (Å²) in [4.78, 5) is 32.0. The van der Waals surface area contributed by atoms with Crippen LogP contribution in [0.5, 0.6) is 5.75 Å². The number of anilines is 1. The van der Waals surface area contributed by atoms with Crippen LogP contribution < -0.4 is 26.4 Å². The van der Waals surface area contributed by atoms with E-state index < -0.39 is 5.97 Å². The van der Waals surface area contributed by atoms with Crippen molar-refractivity contribution in [3.8, 4) is 5.75 Å². The van der Waals surface area contributed by atoms with Crippen LogP contribution in [0.3, 0.4) is 0 Å². The molecule has 0 unspecified atom stereocenters. The number of carbonyl (C=O) groups is 2. The van der Waals surface area contributed by atoms with E-state index in [0.717, 1.165) is 30.6 Å². The molecule has 7 N–H and O–H groups in total. The minimum absolute atomic E-state index is 0.0831. The van der Waals surface area contributed by atoms with E-state index >= 15 is 0 Å². The molecule has 2 aromatic rings. The van der Waals surface area contributed by atoms with Gasteiger partial charge < -0.3 is 36.4 Å². The van der Waals surface area contributed by atoms with Gasteiger partial charge in [-0.2, -0.15) is 4.99 Å². The second-order valence-corrected chi connectivity index (χ2v) is 10.9. The van der Waals surface area contributed by atoms with Gasteiger partial charge in [0.25, 0.3) is 0 Å². The van der Waals surface area contributed by atoms with Crippen molar-refractivity contribution in [3.63, 3.8) is 0 Å². The number of benzene rings is 2. The number of guanidine groups is 2. The number of nitrogens with one attached hydrogen (secondary N) is 2. The highest BCUT2D eigenvalue weighted by Crippen LogP contribution is 2.32. The van der Waals surface area contributed by atoms with Crippen LogP contribution in [-0.4, -0.2) is 67.6 Å². The maximum atomic E-state index is 13.1. The zero-order chi connectivity index (χ0) is 31.2. The fourth-order valence-corrected chi connectivity index (χ4v) is 4.72. The largest absolute Gasteiger partial charge is 0.493 e. The summed E-state index contributed by atoms with van der Waals surface area (Å²) in [6, 6.07) is 13.2. The summed E-state index contributed by atoms with van der Waals surface area (Å²) in [6.07, 6.45) is 4.68. The van der Waals surface area contributed by atoms with Gasteiger partial charge in [-0.3, -0.25) is 10.2 Å². The Balaban J connectivity index is 0.000000592. The van der Waals surface area contributed by atoms with Crippen LogP contribution in [0.25, 0.3) is 0 Å². The lowest BCUT2D eigenvalue weighted by molar-refractivity contribution is -0.121. The summed E-state index contributed by atoms with van der Waals surface area (Å²) >= 11 is 0. The number of amides is 1. The topological polar surface area (TPSA) is 170 Å². The number of carboxylic acids is 1. The summed E-state index contributed by atoms with van der Waals surface area (Å²) in [5.74, 6) is -0.447. The molecule has 0 radical (unpaired) electrons. The fourth-order valence-electron chi connectivity index (χ4n) is 4.72. The molecule has 0 spiro atoms. The number of hydrogen-bond acceptors (Lipinski definition) is 5. The number of piperidine rings is 1. The van der Waals surface area contributed by atoms with Gasteiger partial charge in [-0.25, -0.2) is 4.79 Å². The normalized spacial score (nSPS) is 14.0. The number of para-hydroxylation sites is 1. The van der Waals surface area contributed by atoms with Gasteiger partial charge in [0.1, 0.15) is 11.3 Å². The first-order chi connectivity index (χ1) is 19.9. The first-order valence-electron chi connectivity index (χ1n) is 14.4. The fraction of sp³-hybridized carbons (Fsp3) is 0.484. The van der Waals surface area contributed by atoms with Crippen molar-refractivity contribution in [2.45, 2.75) is 58.9 Å². The molecule has 1 atom stereocenters. The second-order valence-electron chi connectivity index (χ2n) is 10.9. The van der Waals surface area contributed by atoms with E-state index in [0.29, 0.717) is 18.3 Å². The standard InChI is InChI=1S/C27H36N2O4.C4H11N5/c1-4-33-25-17-20(12-13-22(25)27(31)32)18-26(30)28-23(16-19(2)3)21-10-6-7-11-24(21)29-14-8-5-9-15-29;1-9(2)4(7)8-3(5)6/h6-7,10-13,17,19,23H,4-5,8-9,14-16,18H2,1-3H3,(H,28,30)(H,31,32);1-2H3,(H5,5,6,7,8)/t23-;/m0./s1. The molecule has 0 aromatic heterocycles. The molecule has 230 valence electrons. The Morgan fingerprint density at radius 1 is 1.12 bits per heavy atom. The lowest BCUT2D eigenvalue weighted by Crippen LogP contribution is -2.34. The predicted octanol–water partition coefficient (Wildman–Crippen LogP) is 3.98. The number of hydrogen-bond donors (Lipinski definition) is 5. The quantitative estimate of drug-likeness (QED) is 0.207. The summed E-state index contributed by atoms with van der Waals surface area (Å²) in [5, 5.41) is 19.3. The van der Waals surface area contributed by atoms with Crippen LogP contribution in [0.4, 0.5) is 5.69 Å². The van der Waals surface area contributed by atoms with Gasteiger partial charge in [-0.1, -0.05) is 38.1 Å². The molecule has 3 rings (SSSR count). The number of rotatable bonds is 10. The number of carbonyl (C=O) groups excluding carboxylic acids is 1. The number of nitrogens with two attached hydrogens (primary N) is 2. The molecule has 1 aliphatic rings. The molecule has 1 heterocycles. The van der Waals surface area contributed by atoms with E-state index in [4.69, 9.17) is 21.6 Å². The number of nitrogens with zero attached hydrogens (tertiary/aromatic N) is 3. The van der Waals surface area contributed by atoms with E-state index in [1.165, 1.54) is 31.0 Å². The maximum Gasteiger partial charge on any atom is 0.339 e. The summed E-state index contributed by atoms with van der Waals surface area (Å²) < 4.78 is 5.49. The number of ether oxygens (including phenoxy) is 1. The summed E-state index contributed by atoms with van der Waals surface area (Å²) in [7, 11) is 3.45. The van der Waals surface area contributed by atoms with Crippen LogP contribution in [-0.2, 0) is 11.2 Å². The van der Waals surface area contributed by atoms with Gasteiger partial charge in [0.05, 0.1) is 19.1 Å². The number of aliphatic imine (C=N–C) groups is 1. The smallest absolute Gasteiger partial charge is 0.339 e. The first kappa shape index (κ1) is 33.9. The van der Waals surface area contributed by atoms with E-state index in [-0.39, 0.29) is 35.9 Å². The lowest BCUT2D eigenvalue weighted by Gasteiger charge is -2.33. The van der Waals surface area contributed by atoms with E-state index in [1.807, 2.05) is 6.07 Å². The third kappa shape index (κ3) is 10.9. The first-order valence-corrected chi connectivity index (χ1v) is 14.4. The Kier molecular flexibility index (Phi) is 13.6. The molecule has 1 fully saturated rings. The molecule has 1 saturated heterocycles. The van der Waals surface area contributed by atoms with Gasteiger partial charge in [-0.15, -0.1) is 0 Å². The number of carboxylic acid groups (broad SMARTS) is 1. The summed E-state index contributed by atoms with van der Waals surface area (Å²) in [6.45, 7) is 8.61. The van der Waals surface area contributed by atoms with E-state index in [1.54, 1.807) is 38.1 Å². The van der Waals surface area contributed by atoms with Crippen molar-refractivity contribution in [2.75, 3.05) is 38.7 Å². The van der Waals surface area contributed by atoms with E-state index in [9.17, 15) is 14.7 Å². The zero-order valence-corrected chi connectivity index (χ0v) is 25.5. The Hall–Kier alpha value is -4.28. The maximum absolute atomic E-state index is 13.1. The molecule has 0 bridgehead atoms. The third-order valence-corrected chi connectivity index (χ3v) is 6.69. The molecule has 42 heavy (non-hydrogen) atoms. The molecule has 11 heteroatoms. The third-order valence-electron chi connectivity index (χ3n) is 6.69. The van der Waals surface area contributed by atoms with Crippen molar-refractivity contribution in [3.05, 3.63) is 59.2 Å². The van der Waals surface area contributed by atoms with Crippen molar-refractivity contribution < 1.29 is 19.4 Å². The van der Waals surface area contributed by atoms with E-state index in [2.05, 4.69) is 47.3 Å². The van der Waals surface area contributed by atoms with Crippen molar-refractivity contribution in [2.24, 2.45) is 22.4 Å². The van der Waals surface area contributed by atoms with Crippen LogP contribution in [0.2, 0.25) is 0 Å².